The molecule has 0 saturated carbocycles. The molecule has 114 valence electrons. The van der Waals surface area contributed by atoms with Crippen molar-refractivity contribution in [1.82, 2.24) is 14.6 Å². The van der Waals surface area contributed by atoms with E-state index in [-0.39, 0.29) is 12.3 Å². The second-order valence-corrected chi connectivity index (χ2v) is 7.63. The lowest BCUT2D eigenvalue weighted by molar-refractivity contribution is 0.0337. The Labute approximate surface area is 124 Å². The maximum atomic E-state index is 11.6. The van der Waals surface area contributed by atoms with E-state index in [2.05, 4.69) is 14.6 Å². The Morgan fingerprint density at radius 3 is 2.90 bits per heavy atom. The summed E-state index contributed by atoms with van der Waals surface area (Å²) in [4.78, 5) is 6.77. The van der Waals surface area contributed by atoms with Crippen LogP contribution in [0, 0.1) is 0 Å². The van der Waals surface area contributed by atoms with Gasteiger partial charge in [-0.3, -0.25) is 4.90 Å². The molecule has 0 aliphatic carbocycles. The minimum atomic E-state index is -3.16. The van der Waals surface area contributed by atoms with Gasteiger partial charge in [-0.25, -0.2) is 18.1 Å². The first-order valence-corrected chi connectivity index (χ1v) is 9.33. The van der Waals surface area contributed by atoms with Gasteiger partial charge in [0.2, 0.25) is 10.0 Å². The minimum Gasteiger partial charge on any atom is -0.379 e. The number of hydrogen-bond acceptors (Lipinski definition) is 6. The Morgan fingerprint density at radius 1 is 1.45 bits per heavy atom. The van der Waals surface area contributed by atoms with Crippen LogP contribution >= 0.6 is 11.3 Å². The van der Waals surface area contributed by atoms with Crippen LogP contribution in [-0.2, 0) is 27.8 Å². The first-order valence-electron chi connectivity index (χ1n) is 6.80. The minimum absolute atomic E-state index is 0.166. The van der Waals surface area contributed by atoms with Crippen LogP contribution in [0.15, 0.2) is 5.38 Å². The summed E-state index contributed by atoms with van der Waals surface area (Å²) < 4.78 is 31.0. The third-order valence-corrected chi connectivity index (χ3v) is 5.43. The van der Waals surface area contributed by atoms with E-state index in [0.29, 0.717) is 6.42 Å². The van der Waals surface area contributed by atoms with Gasteiger partial charge in [0.15, 0.2) is 0 Å². The number of nitrogens with zero attached hydrogens (tertiary/aromatic N) is 2. The molecule has 0 amide bonds. The van der Waals surface area contributed by atoms with Crippen LogP contribution in [0.2, 0.25) is 0 Å². The highest BCUT2D eigenvalue weighted by Crippen LogP contribution is 2.13. The second-order valence-electron chi connectivity index (χ2n) is 4.76. The average Bonchev–Trinajstić information content (AvgIpc) is 2.85. The van der Waals surface area contributed by atoms with Crippen molar-refractivity contribution in [2.45, 2.75) is 26.4 Å². The fourth-order valence-corrected chi connectivity index (χ4v) is 3.86. The molecule has 1 aliphatic rings. The summed E-state index contributed by atoms with van der Waals surface area (Å²) in [5.74, 6) is 0.166. The maximum Gasteiger partial charge on any atom is 0.211 e. The molecule has 1 aliphatic heterocycles. The molecule has 1 fully saturated rings. The van der Waals surface area contributed by atoms with Gasteiger partial charge in [0, 0.05) is 25.0 Å². The quantitative estimate of drug-likeness (QED) is 0.805. The van der Waals surface area contributed by atoms with E-state index in [1.54, 1.807) is 0 Å². The molecule has 0 atom stereocenters. The molecular weight excluding hydrogens is 298 g/mol. The van der Waals surface area contributed by atoms with Crippen molar-refractivity contribution >= 4 is 21.4 Å². The monoisotopic (exact) mass is 319 g/mol. The van der Waals surface area contributed by atoms with Crippen molar-refractivity contribution in [1.29, 1.82) is 0 Å². The first-order chi connectivity index (χ1) is 9.59. The standard InChI is InChI=1S/C12H21N3O3S2/c1-2-7-20(16,17)13-8-12-14-11(10-19-12)9-15-3-5-18-6-4-15/h10,13H,2-9H2,1H3. The Kier molecular flexibility index (Phi) is 5.91. The van der Waals surface area contributed by atoms with Crippen molar-refractivity contribution in [2.24, 2.45) is 0 Å². The van der Waals surface area contributed by atoms with Gasteiger partial charge in [0.05, 0.1) is 31.2 Å². The molecule has 8 heteroatoms. The molecule has 1 aromatic heterocycles. The van der Waals surface area contributed by atoms with Gasteiger partial charge >= 0.3 is 0 Å². The van der Waals surface area contributed by atoms with Crippen molar-refractivity contribution in [3.8, 4) is 0 Å². The molecule has 0 spiro atoms. The van der Waals surface area contributed by atoms with Crippen molar-refractivity contribution in [2.75, 3.05) is 32.1 Å². The highest BCUT2D eigenvalue weighted by molar-refractivity contribution is 7.89. The zero-order chi connectivity index (χ0) is 14.4. The number of nitrogens with one attached hydrogen (secondary N) is 1. The van der Waals surface area contributed by atoms with E-state index >= 15 is 0 Å². The first kappa shape index (κ1) is 15.8. The number of sulfonamides is 1. The SMILES string of the molecule is CCCS(=O)(=O)NCc1nc(CN2CCOCC2)cs1. The summed E-state index contributed by atoms with van der Waals surface area (Å²) in [5, 5.41) is 2.81. The number of rotatable bonds is 7. The van der Waals surface area contributed by atoms with Gasteiger partial charge in [-0.2, -0.15) is 0 Å². The highest BCUT2D eigenvalue weighted by atomic mass is 32.2. The molecule has 0 aromatic carbocycles. The van der Waals surface area contributed by atoms with Crippen LogP contribution in [0.4, 0.5) is 0 Å². The number of thiazole rings is 1. The molecule has 6 nitrogen and oxygen atoms in total. The smallest absolute Gasteiger partial charge is 0.211 e. The molecular formula is C12H21N3O3S2. The molecule has 20 heavy (non-hydrogen) atoms. The Hall–Kier alpha value is -0.540. The molecule has 0 bridgehead atoms. The summed E-state index contributed by atoms with van der Waals surface area (Å²) in [6, 6.07) is 0. The van der Waals surface area contributed by atoms with E-state index in [1.165, 1.54) is 11.3 Å². The van der Waals surface area contributed by atoms with E-state index < -0.39 is 10.0 Å². The number of ether oxygens (including phenoxy) is 1. The van der Waals surface area contributed by atoms with Crippen LogP contribution in [0.5, 0.6) is 0 Å². The molecule has 0 unspecified atom stereocenters. The number of hydrogen-bond donors (Lipinski definition) is 1. The lowest BCUT2D eigenvalue weighted by atomic mass is 10.3. The molecule has 1 N–H and O–H groups in total. The maximum absolute atomic E-state index is 11.6. The summed E-state index contributed by atoms with van der Waals surface area (Å²) in [6.45, 7) is 6.34. The zero-order valence-corrected chi connectivity index (χ0v) is 13.3. The molecule has 0 radical (unpaired) electrons. The van der Waals surface area contributed by atoms with E-state index in [4.69, 9.17) is 4.74 Å². The molecule has 1 aromatic rings. The van der Waals surface area contributed by atoms with Crippen molar-refractivity contribution < 1.29 is 13.2 Å². The Balaban J connectivity index is 1.82. The van der Waals surface area contributed by atoms with Crippen LogP contribution in [0.25, 0.3) is 0 Å². The Bertz CT molecular complexity index is 510. The van der Waals surface area contributed by atoms with Gasteiger partial charge in [-0.05, 0) is 6.42 Å². The second kappa shape index (κ2) is 7.46. The normalized spacial score (nSPS) is 17.4. The Morgan fingerprint density at radius 2 is 2.20 bits per heavy atom. The van der Waals surface area contributed by atoms with Crippen molar-refractivity contribution in [3.05, 3.63) is 16.1 Å². The van der Waals surface area contributed by atoms with Crippen molar-refractivity contribution in [3.63, 3.8) is 0 Å². The average molecular weight is 319 g/mol. The predicted octanol–water partition coefficient (Wildman–Crippen LogP) is 0.805. The highest BCUT2D eigenvalue weighted by Gasteiger charge is 2.13. The van der Waals surface area contributed by atoms with Crippen LogP contribution in [0.3, 0.4) is 0 Å². The van der Waals surface area contributed by atoms with E-state index in [1.807, 2.05) is 12.3 Å². The predicted molar refractivity (Wildman–Crippen MR) is 79.1 cm³/mol. The van der Waals surface area contributed by atoms with Gasteiger partial charge < -0.3 is 4.74 Å². The largest absolute Gasteiger partial charge is 0.379 e. The summed E-state index contributed by atoms with van der Waals surface area (Å²) in [5.41, 5.74) is 1.00. The van der Waals surface area contributed by atoms with E-state index in [0.717, 1.165) is 43.5 Å². The van der Waals surface area contributed by atoms with Crippen LogP contribution in [0.1, 0.15) is 24.0 Å². The van der Waals surface area contributed by atoms with Gasteiger partial charge in [0.1, 0.15) is 5.01 Å². The lowest BCUT2D eigenvalue weighted by Crippen LogP contribution is -2.35. The molecule has 1 saturated heterocycles. The summed E-state index contributed by atoms with van der Waals surface area (Å²) in [7, 11) is -3.16. The third-order valence-electron chi connectivity index (χ3n) is 3.00. The zero-order valence-electron chi connectivity index (χ0n) is 11.7. The van der Waals surface area contributed by atoms with Gasteiger partial charge in [-0.15, -0.1) is 11.3 Å². The van der Waals surface area contributed by atoms with Crippen LogP contribution in [-0.4, -0.2) is 50.4 Å². The summed E-state index contributed by atoms with van der Waals surface area (Å²) >= 11 is 1.50. The molecule has 2 rings (SSSR count). The number of aromatic nitrogens is 1. The van der Waals surface area contributed by atoms with Gasteiger partial charge in [-0.1, -0.05) is 6.92 Å². The molecule has 2 heterocycles. The third kappa shape index (κ3) is 5.10. The van der Waals surface area contributed by atoms with Crippen LogP contribution < -0.4 is 4.72 Å². The number of morpholine rings is 1. The fourth-order valence-electron chi connectivity index (χ4n) is 2.00. The fraction of sp³-hybridized carbons (Fsp3) is 0.750. The van der Waals surface area contributed by atoms with E-state index in [9.17, 15) is 8.42 Å². The topological polar surface area (TPSA) is 71.5 Å². The van der Waals surface area contributed by atoms with Gasteiger partial charge in [0.25, 0.3) is 0 Å². The lowest BCUT2D eigenvalue weighted by Gasteiger charge is -2.25. The summed E-state index contributed by atoms with van der Waals surface area (Å²) in [6.07, 6.45) is 0.621.